The Labute approximate surface area is 165 Å². The van der Waals surface area contributed by atoms with Crippen molar-refractivity contribution in [2.24, 2.45) is 11.1 Å². The molecule has 1 spiro atoms. The maximum absolute atomic E-state index is 13.9. The minimum absolute atomic E-state index is 0.0384. The lowest BCUT2D eigenvalue weighted by atomic mass is 9.48. The number of hydrogen-bond acceptors (Lipinski definition) is 6. The Kier molecular flexibility index (Phi) is 3.62. The van der Waals surface area contributed by atoms with Crippen LogP contribution in [0.2, 0.25) is 0 Å². The Bertz CT molecular complexity index is 886. The Balaban J connectivity index is 1.84. The SMILES string of the molecule is CCC12C=CCN3CC[C@@]4(c5ccc(OC)cc5N(C)[C@H]4[C@@](O)(CN)C1=O)C32. The van der Waals surface area contributed by atoms with Crippen molar-refractivity contribution in [2.75, 3.05) is 38.7 Å². The largest absolute Gasteiger partial charge is 0.497 e. The lowest BCUT2D eigenvalue weighted by Crippen LogP contribution is -2.78. The van der Waals surface area contributed by atoms with Crippen LogP contribution in [0.15, 0.2) is 30.4 Å². The summed E-state index contributed by atoms with van der Waals surface area (Å²) in [6, 6.07) is 5.83. The zero-order chi connectivity index (χ0) is 19.9. The number of ether oxygens (including phenoxy) is 1. The van der Waals surface area contributed by atoms with E-state index in [1.165, 1.54) is 5.56 Å². The predicted molar refractivity (Wildman–Crippen MR) is 108 cm³/mol. The molecule has 4 aliphatic rings. The number of carbonyl (C=O) groups excluding carboxylic acids is 1. The number of methoxy groups -OCH3 is 1. The Hall–Kier alpha value is -1.89. The van der Waals surface area contributed by atoms with Gasteiger partial charge in [-0.05, 0) is 31.0 Å². The number of ketones is 1. The lowest BCUT2D eigenvalue weighted by molar-refractivity contribution is -0.164. The molecule has 6 heteroatoms. The van der Waals surface area contributed by atoms with Crippen LogP contribution in [0.1, 0.15) is 25.3 Å². The lowest BCUT2D eigenvalue weighted by Gasteiger charge is -2.60. The number of fused-ring (bicyclic) bond motifs is 1. The van der Waals surface area contributed by atoms with E-state index >= 15 is 0 Å². The Morgan fingerprint density at radius 3 is 2.82 bits per heavy atom. The fraction of sp³-hybridized carbons (Fsp3) is 0.591. The third-order valence-corrected chi connectivity index (χ3v) is 8.03. The van der Waals surface area contributed by atoms with Crippen LogP contribution in [0.5, 0.6) is 5.75 Å². The molecule has 5 atom stereocenters. The van der Waals surface area contributed by atoms with Gasteiger partial charge in [0.25, 0.3) is 0 Å². The second-order valence-electron chi connectivity index (χ2n) is 8.84. The fourth-order valence-corrected chi connectivity index (χ4v) is 7.07. The van der Waals surface area contributed by atoms with Crippen molar-refractivity contribution in [1.29, 1.82) is 0 Å². The van der Waals surface area contributed by atoms with Gasteiger partial charge in [0.2, 0.25) is 0 Å². The molecule has 6 nitrogen and oxygen atoms in total. The van der Waals surface area contributed by atoms with Crippen LogP contribution in [0.25, 0.3) is 0 Å². The van der Waals surface area contributed by atoms with Gasteiger partial charge in [-0.3, -0.25) is 9.69 Å². The third kappa shape index (κ3) is 1.74. The second kappa shape index (κ2) is 5.59. The third-order valence-electron chi connectivity index (χ3n) is 8.03. The molecule has 0 amide bonds. The van der Waals surface area contributed by atoms with E-state index in [4.69, 9.17) is 10.5 Å². The normalized spacial score (nSPS) is 41.0. The molecule has 1 aromatic rings. The molecule has 1 aliphatic carbocycles. The highest BCUT2D eigenvalue weighted by molar-refractivity contribution is 6.00. The van der Waals surface area contributed by atoms with Crippen LogP contribution >= 0.6 is 0 Å². The molecule has 1 aromatic carbocycles. The summed E-state index contributed by atoms with van der Waals surface area (Å²) in [6.45, 7) is 3.75. The molecule has 0 radical (unpaired) electrons. The van der Waals surface area contributed by atoms with Crippen molar-refractivity contribution >= 4 is 11.5 Å². The van der Waals surface area contributed by atoms with Crippen molar-refractivity contribution in [2.45, 2.75) is 42.9 Å². The summed E-state index contributed by atoms with van der Waals surface area (Å²) in [7, 11) is 3.64. The van der Waals surface area contributed by atoms with E-state index in [2.05, 4.69) is 34.9 Å². The minimum atomic E-state index is -1.59. The summed E-state index contributed by atoms with van der Waals surface area (Å²) < 4.78 is 5.46. The highest BCUT2D eigenvalue weighted by Gasteiger charge is 2.76. The molecule has 2 unspecified atom stereocenters. The summed E-state index contributed by atoms with van der Waals surface area (Å²) in [5, 5.41) is 11.8. The van der Waals surface area contributed by atoms with E-state index in [9.17, 15) is 9.90 Å². The van der Waals surface area contributed by atoms with Crippen molar-refractivity contribution in [3.8, 4) is 5.75 Å². The van der Waals surface area contributed by atoms with Crippen molar-refractivity contribution in [1.82, 2.24) is 4.90 Å². The topological polar surface area (TPSA) is 79.0 Å². The molecule has 1 saturated carbocycles. The number of Topliss-reactive ketones (excluding diaryl/α,β-unsaturated/α-hetero) is 1. The first-order chi connectivity index (χ1) is 13.4. The zero-order valence-corrected chi connectivity index (χ0v) is 16.8. The standard InChI is InChI=1S/C22H29N3O3/c1-4-20-8-5-10-25-11-9-21(17(20)25)15-7-6-14(28-3)12-16(15)24(2)18(21)22(27,13-23)19(20)26/h5-8,12,17-18,27H,4,9-11,13,23H2,1-3H3/t17?,18-,20?,21-,22+/m1/s1. The monoisotopic (exact) mass is 383 g/mol. The molecule has 150 valence electrons. The van der Waals surface area contributed by atoms with Gasteiger partial charge < -0.3 is 20.5 Å². The van der Waals surface area contributed by atoms with Gasteiger partial charge in [0.05, 0.1) is 18.6 Å². The van der Waals surface area contributed by atoms with Crippen LogP contribution in [-0.2, 0) is 10.2 Å². The van der Waals surface area contributed by atoms with E-state index in [1.807, 2.05) is 19.2 Å². The summed E-state index contributed by atoms with van der Waals surface area (Å²) in [5.41, 5.74) is 5.75. The molecule has 3 aliphatic heterocycles. The average molecular weight is 383 g/mol. The first-order valence-corrected chi connectivity index (χ1v) is 10.2. The van der Waals surface area contributed by atoms with Gasteiger partial charge in [0, 0.05) is 43.3 Å². The first-order valence-electron chi connectivity index (χ1n) is 10.2. The predicted octanol–water partition coefficient (Wildman–Crippen LogP) is 1.06. The molecular weight excluding hydrogens is 354 g/mol. The Morgan fingerprint density at radius 1 is 1.36 bits per heavy atom. The average Bonchev–Trinajstić information content (AvgIpc) is 3.23. The van der Waals surface area contributed by atoms with Crippen LogP contribution in [0.3, 0.4) is 0 Å². The molecule has 2 fully saturated rings. The van der Waals surface area contributed by atoms with E-state index in [1.54, 1.807) is 7.11 Å². The molecule has 0 aromatic heterocycles. The van der Waals surface area contributed by atoms with Gasteiger partial charge in [-0.15, -0.1) is 0 Å². The maximum Gasteiger partial charge on any atom is 0.179 e. The second-order valence-corrected chi connectivity index (χ2v) is 8.84. The van der Waals surface area contributed by atoms with Gasteiger partial charge in [0.15, 0.2) is 11.4 Å². The van der Waals surface area contributed by atoms with Gasteiger partial charge in [-0.2, -0.15) is 0 Å². The molecule has 28 heavy (non-hydrogen) atoms. The number of nitrogens with two attached hydrogens (primary N) is 1. The first kappa shape index (κ1) is 18.2. The summed E-state index contributed by atoms with van der Waals surface area (Å²) in [6.07, 6.45) is 5.74. The van der Waals surface area contributed by atoms with Crippen LogP contribution in [-0.4, -0.2) is 67.3 Å². The maximum atomic E-state index is 13.9. The van der Waals surface area contributed by atoms with E-state index in [0.29, 0.717) is 6.42 Å². The molecule has 1 saturated heterocycles. The van der Waals surface area contributed by atoms with Crippen LogP contribution < -0.4 is 15.4 Å². The highest BCUT2D eigenvalue weighted by Crippen LogP contribution is 2.65. The number of carbonyl (C=O) groups is 1. The summed E-state index contributed by atoms with van der Waals surface area (Å²) in [5.74, 6) is 0.661. The van der Waals surface area contributed by atoms with Crippen LogP contribution in [0.4, 0.5) is 5.69 Å². The van der Waals surface area contributed by atoms with E-state index < -0.39 is 11.0 Å². The van der Waals surface area contributed by atoms with E-state index in [-0.39, 0.29) is 29.8 Å². The number of anilines is 1. The number of nitrogens with zero attached hydrogens (tertiary/aromatic N) is 2. The van der Waals surface area contributed by atoms with Crippen LogP contribution in [0, 0.1) is 5.41 Å². The molecule has 5 rings (SSSR count). The highest BCUT2D eigenvalue weighted by atomic mass is 16.5. The molecular formula is C22H29N3O3. The van der Waals surface area contributed by atoms with Crippen molar-refractivity contribution < 1.29 is 14.6 Å². The number of aliphatic hydroxyl groups is 1. The number of benzene rings is 1. The fourth-order valence-electron chi connectivity index (χ4n) is 7.07. The van der Waals surface area contributed by atoms with Gasteiger partial charge in [-0.1, -0.05) is 25.1 Å². The van der Waals surface area contributed by atoms with E-state index in [0.717, 1.165) is 30.9 Å². The summed E-state index contributed by atoms with van der Waals surface area (Å²) in [4.78, 5) is 18.4. The van der Waals surface area contributed by atoms with Gasteiger partial charge in [-0.25, -0.2) is 0 Å². The summed E-state index contributed by atoms with van der Waals surface area (Å²) >= 11 is 0. The Morgan fingerprint density at radius 2 is 2.14 bits per heavy atom. The number of likely N-dealkylation sites (N-methyl/N-ethyl adjacent to an activating group) is 1. The van der Waals surface area contributed by atoms with Gasteiger partial charge in [0.1, 0.15) is 5.75 Å². The number of hydrogen-bond donors (Lipinski definition) is 2. The van der Waals surface area contributed by atoms with Gasteiger partial charge >= 0.3 is 0 Å². The van der Waals surface area contributed by atoms with Crippen molar-refractivity contribution in [3.63, 3.8) is 0 Å². The minimum Gasteiger partial charge on any atom is -0.497 e. The molecule has 3 heterocycles. The quantitative estimate of drug-likeness (QED) is 0.760. The van der Waals surface area contributed by atoms with Crippen molar-refractivity contribution in [3.05, 3.63) is 35.9 Å². The smallest absolute Gasteiger partial charge is 0.179 e. The molecule has 3 N–H and O–H groups in total. The molecule has 0 bridgehead atoms. The zero-order valence-electron chi connectivity index (χ0n) is 16.8. The number of rotatable bonds is 3.